The molecular weight excluding hydrogens is 360 g/mol. The van der Waals surface area contributed by atoms with E-state index in [0.29, 0.717) is 13.0 Å². The maximum absolute atomic E-state index is 12.9. The minimum Gasteiger partial charge on any atom is -0.494 e. The summed E-state index contributed by atoms with van der Waals surface area (Å²) in [7, 11) is -3.69. The van der Waals surface area contributed by atoms with Gasteiger partial charge in [-0.15, -0.1) is 0 Å². The van der Waals surface area contributed by atoms with Gasteiger partial charge in [0.25, 0.3) is 0 Å². The highest BCUT2D eigenvalue weighted by molar-refractivity contribution is 7.91. The van der Waals surface area contributed by atoms with Crippen molar-refractivity contribution in [3.63, 3.8) is 0 Å². The van der Waals surface area contributed by atoms with E-state index >= 15 is 0 Å². The zero-order valence-corrected chi connectivity index (χ0v) is 14.9. The fourth-order valence-electron chi connectivity index (χ4n) is 2.61. The molecule has 0 radical (unpaired) electrons. The predicted octanol–water partition coefficient (Wildman–Crippen LogP) is 2.84. The van der Waals surface area contributed by atoms with Crippen molar-refractivity contribution in [3.8, 4) is 5.75 Å². The molecule has 1 aromatic heterocycles. The number of aromatic carboxylic acids is 1. The zero-order chi connectivity index (χ0) is 19.1. The molecule has 1 heterocycles. The molecule has 0 saturated heterocycles. The van der Waals surface area contributed by atoms with Crippen molar-refractivity contribution in [1.29, 1.82) is 0 Å². The minimum atomic E-state index is -3.69. The van der Waals surface area contributed by atoms with Crippen LogP contribution in [0.2, 0.25) is 0 Å². The molecule has 0 bridgehead atoms. The van der Waals surface area contributed by atoms with Gasteiger partial charge in [-0.25, -0.2) is 13.2 Å². The van der Waals surface area contributed by atoms with E-state index in [1.54, 1.807) is 0 Å². The fourth-order valence-corrected chi connectivity index (χ4v) is 3.43. The molecule has 0 aliphatic heterocycles. The summed E-state index contributed by atoms with van der Waals surface area (Å²) in [6.45, 7) is 2.25. The average molecular weight is 376 g/mol. The summed E-state index contributed by atoms with van der Waals surface area (Å²) in [5.74, 6) is -0.941. The lowest BCUT2D eigenvalue weighted by Gasteiger charge is -2.10. The van der Waals surface area contributed by atoms with Gasteiger partial charge >= 0.3 is 5.97 Å². The summed E-state index contributed by atoms with van der Waals surface area (Å²) >= 11 is 0. The van der Waals surface area contributed by atoms with Gasteiger partial charge in [-0.3, -0.25) is 4.79 Å². The third kappa shape index (κ3) is 3.15. The molecule has 0 amide bonds. The Labute approximate surface area is 148 Å². The molecule has 136 valence electrons. The number of carboxylic acid groups (broad SMARTS) is 1. The molecule has 2 aromatic carbocycles. The van der Waals surface area contributed by atoms with Gasteiger partial charge < -0.3 is 14.3 Å². The molecule has 0 saturated carbocycles. The van der Waals surface area contributed by atoms with Gasteiger partial charge in [0.15, 0.2) is 15.4 Å². The Morgan fingerprint density at radius 1 is 1.19 bits per heavy atom. The largest absolute Gasteiger partial charge is 0.494 e. The van der Waals surface area contributed by atoms with Crippen molar-refractivity contribution < 1.29 is 27.5 Å². The van der Waals surface area contributed by atoms with E-state index in [-0.39, 0.29) is 38.1 Å². The molecule has 7 nitrogen and oxygen atoms in total. The van der Waals surface area contributed by atoms with Crippen LogP contribution in [0.4, 0.5) is 0 Å². The van der Waals surface area contributed by atoms with Gasteiger partial charge in [0, 0.05) is 12.3 Å². The average Bonchev–Trinajstić information content (AvgIpc) is 2.58. The summed E-state index contributed by atoms with van der Waals surface area (Å²) in [5.41, 5.74) is -0.543. The van der Waals surface area contributed by atoms with E-state index in [1.807, 2.05) is 6.92 Å². The number of rotatable bonds is 5. The van der Waals surface area contributed by atoms with Crippen molar-refractivity contribution in [2.45, 2.75) is 18.2 Å². The molecule has 8 heteroatoms. The number of benzene rings is 2. The molecule has 26 heavy (non-hydrogen) atoms. The Hall–Kier alpha value is -2.87. The van der Waals surface area contributed by atoms with Crippen LogP contribution in [-0.4, -0.2) is 32.4 Å². The Balaban J connectivity index is 2.43. The van der Waals surface area contributed by atoms with Crippen molar-refractivity contribution in [2.75, 3.05) is 12.9 Å². The molecule has 0 atom stereocenters. The number of ether oxygens (including phenoxy) is 1. The molecule has 0 aliphatic carbocycles. The third-order valence-electron chi connectivity index (χ3n) is 3.83. The molecule has 3 aromatic rings. The quantitative estimate of drug-likeness (QED) is 0.682. The van der Waals surface area contributed by atoms with Crippen LogP contribution in [0.25, 0.3) is 21.9 Å². The first-order valence-electron chi connectivity index (χ1n) is 7.83. The highest BCUT2D eigenvalue weighted by Gasteiger charge is 2.20. The maximum Gasteiger partial charge on any atom is 0.335 e. The molecule has 0 fully saturated rings. The molecular formula is C18H16O7S. The van der Waals surface area contributed by atoms with E-state index in [1.165, 1.54) is 30.3 Å². The summed E-state index contributed by atoms with van der Waals surface area (Å²) in [6.07, 6.45) is 1.73. The lowest BCUT2D eigenvalue weighted by molar-refractivity contribution is 0.0697. The lowest BCUT2D eigenvalue weighted by atomic mass is 10.1. The molecule has 0 aliphatic rings. The topological polar surface area (TPSA) is 111 Å². The van der Waals surface area contributed by atoms with Crippen LogP contribution < -0.4 is 10.2 Å². The minimum absolute atomic E-state index is 0.0223. The van der Waals surface area contributed by atoms with Crippen LogP contribution in [0.15, 0.2) is 44.4 Å². The number of hydrogen-bond donors (Lipinski definition) is 1. The predicted molar refractivity (Wildman–Crippen MR) is 95.8 cm³/mol. The van der Waals surface area contributed by atoms with Gasteiger partial charge in [0.1, 0.15) is 16.2 Å². The number of carboxylic acids is 1. The maximum atomic E-state index is 12.9. The van der Waals surface area contributed by atoms with E-state index in [2.05, 4.69) is 0 Å². The third-order valence-corrected chi connectivity index (χ3v) is 4.93. The van der Waals surface area contributed by atoms with Crippen LogP contribution in [0, 0.1) is 0 Å². The lowest BCUT2D eigenvalue weighted by Crippen LogP contribution is -2.08. The Bertz CT molecular complexity index is 1190. The number of sulfone groups is 1. The van der Waals surface area contributed by atoms with Gasteiger partial charge in [-0.1, -0.05) is 6.92 Å². The van der Waals surface area contributed by atoms with E-state index < -0.39 is 21.2 Å². The van der Waals surface area contributed by atoms with Gasteiger partial charge in [0.2, 0.25) is 5.43 Å². The van der Waals surface area contributed by atoms with Crippen LogP contribution in [-0.2, 0) is 9.84 Å². The van der Waals surface area contributed by atoms with Crippen molar-refractivity contribution in [1.82, 2.24) is 0 Å². The Morgan fingerprint density at radius 2 is 1.92 bits per heavy atom. The molecule has 0 spiro atoms. The highest BCUT2D eigenvalue weighted by atomic mass is 32.2. The molecule has 1 N–H and O–H groups in total. The van der Waals surface area contributed by atoms with E-state index in [4.69, 9.17) is 14.3 Å². The first-order chi connectivity index (χ1) is 12.2. The number of carbonyl (C=O) groups is 1. The van der Waals surface area contributed by atoms with Crippen LogP contribution in [0.3, 0.4) is 0 Å². The zero-order valence-electron chi connectivity index (χ0n) is 14.1. The van der Waals surface area contributed by atoms with Crippen LogP contribution in [0.5, 0.6) is 5.75 Å². The Kier molecular flexibility index (Phi) is 4.45. The van der Waals surface area contributed by atoms with Crippen LogP contribution in [0.1, 0.15) is 23.7 Å². The molecule has 3 rings (SSSR count). The SMILES string of the molecule is CCCOc1cc(S(C)(=O)=O)c2oc3ccc(C(=O)O)cc3c(=O)c2c1. The van der Waals surface area contributed by atoms with Gasteiger partial charge in [0.05, 0.1) is 22.9 Å². The summed E-state index contributed by atoms with van der Waals surface area (Å²) in [6, 6.07) is 6.58. The monoisotopic (exact) mass is 376 g/mol. The smallest absolute Gasteiger partial charge is 0.335 e. The van der Waals surface area contributed by atoms with Gasteiger partial charge in [-0.05, 0) is 30.7 Å². The first-order valence-corrected chi connectivity index (χ1v) is 9.72. The van der Waals surface area contributed by atoms with E-state index in [9.17, 15) is 18.0 Å². The first kappa shape index (κ1) is 17.9. The van der Waals surface area contributed by atoms with Crippen LogP contribution >= 0.6 is 0 Å². The number of hydrogen-bond acceptors (Lipinski definition) is 6. The normalized spacial score (nSPS) is 11.8. The fraction of sp³-hybridized carbons (Fsp3) is 0.222. The second-order valence-corrected chi connectivity index (χ2v) is 7.85. The Morgan fingerprint density at radius 3 is 2.54 bits per heavy atom. The number of fused-ring (bicyclic) bond motifs is 2. The second kappa shape index (κ2) is 6.45. The van der Waals surface area contributed by atoms with Crippen molar-refractivity contribution in [2.24, 2.45) is 0 Å². The standard InChI is InChI=1S/C18H16O7S/c1-3-6-24-11-8-13-16(19)12-7-10(18(20)21)4-5-14(12)25-17(13)15(9-11)26(2,22)23/h4-5,7-9H,3,6H2,1-2H3,(H,20,21). The summed E-state index contributed by atoms with van der Waals surface area (Å²) < 4.78 is 35.5. The second-order valence-electron chi connectivity index (χ2n) is 5.87. The highest BCUT2D eigenvalue weighted by Crippen LogP contribution is 2.30. The van der Waals surface area contributed by atoms with E-state index in [0.717, 1.165) is 6.26 Å². The summed E-state index contributed by atoms with van der Waals surface area (Å²) in [5, 5.41) is 9.19. The summed E-state index contributed by atoms with van der Waals surface area (Å²) in [4.78, 5) is 23.9. The molecule has 0 unspecified atom stereocenters. The van der Waals surface area contributed by atoms with Crippen molar-refractivity contribution >= 4 is 37.7 Å². The van der Waals surface area contributed by atoms with Gasteiger partial charge in [-0.2, -0.15) is 0 Å². The van der Waals surface area contributed by atoms with Crippen molar-refractivity contribution in [3.05, 3.63) is 46.1 Å².